The van der Waals surface area contributed by atoms with Gasteiger partial charge < -0.3 is 19.3 Å². The van der Waals surface area contributed by atoms with Gasteiger partial charge in [-0.05, 0) is 49.6 Å². The van der Waals surface area contributed by atoms with E-state index < -0.39 is 12.1 Å². The predicted octanol–water partition coefficient (Wildman–Crippen LogP) is 2.80. The summed E-state index contributed by atoms with van der Waals surface area (Å²) in [5.74, 6) is 1.22. The number of carbonyl (C=O) groups is 2. The number of ether oxygens (including phenoxy) is 2. The van der Waals surface area contributed by atoms with Crippen molar-refractivity contribution in [2.45, 2.75) is 33.3 Å². The molecule has 1 atom stereocenters. The average Bonchev–Trinajstić information content (AvgIpc) is 2.79. The Morgan fingerprint density at radius 1 is 1.00 bits per heavy atom. The van der Waals surface area contributed by atoms with Crippen molar-refractivity contribution in [3.63, 3.8) is 0 Å². The number of hydrogen-bond donors (Lipinski definition) is 0. The minimum atomic E-state index is -0.853. The van der Waals surface area contributed by atoms with Crippen LogP contribution in [0.1, 0.15) is 37.6 Å². The second kappa shape index (κ2) is 10.7. The number of carbonyl (C=O) groups excluding carboxylic acids is 2. The maximum absolute atomic E-state index is 12.7. The normalized spacial score (nSPS) is 15.0. The van der Waals surface area contributed by atoms with Gasteiger partial charge in [0.05, 0.1) is 12.2 Å². The number of rotatable bonds is 8. The van der Waals surface area contributed by atoms with Crippen LogP contribution in [0, 0.1) is 5.92 Å². The first-order valence-electron chi connectivity index (χ1n) is 10.7. The molecule has 0 spiro atoms. The van der Waals surface area contributed by atoms with E-state index in [0.29, 0.717) is 56.0 Å². The van der Waals surface area contributed by atoms with Crippen LogP contribution in [0.15, 0.2) is 42.7 Å². The molecule has 1 aromatic carbocycles. The number of amides is 1. The molecule has 1 aliphatic rings. The van der Waals surface area contributed by atoms with Gasteiger partial charge in [0.25, 0.3) is 5.91 Å². The van der Waals surface area contributed by atoms with E-state index in [2.05, 4.69) is 23.8 Å². The predicted molar refractivity (Wildman–Crippen MR) is 117 cm³/mol. The van der Waals surface area contributed by atoms with Crippen LogP contribution < -0.4 is 9.64 Å². The largest absolute Gasteiger partial charge is 0.494 e. The molecule has 3 rings (SSSR count). The molecule has 0 saturated carbocycles. The Labute approximate surface area is 183 Å². The summed E-state index contributed by atoms with van der Waals surface area (Å²) in [5.41, 5.74) is 0.391. The van der Waals surface area contributed by atoms with E-state index in [1.807, 2.05) is 4.90 Å². The molecule has 1 unspecified atom stereocenters. The summed E-state index contributed by atoms with van der Waals surface area (Å²) in [7, 11) is 0. The number of anilines is 1. The van der Waals surface area contributed by atoms with Crippen molar-refractivity contribution in [1.29, 1.82) is 0 Å². The van der Waals surface area contributed by atoms with Gasteiger partial charge in [0.15, 0.2) is 6.10 Å². The zero-order valence-corrected chi connectivity index (χ0v) is 18.4. The van der Waals surface area contributed by atoms with Gasteiger partial charge in [-0.25, -0.2) is 14.8 Å². The molecule has 1 amide bonds. The molecule has 2 aromatic rings. The van der Waals surface area contributed by atoms with Crippen molar-refractivity contribution < 1.29 is 19.1 Å². The van der Waals surface area contributed by atoms with Crippen LogP contribution in [-0.4, -0.2) is 65.6 Å². The second-order valence-electron chi connectivity index (χ2n) is 7.96. The number of hydrogen-bond acceptors (Lipinski definition) is 7. The molecule has 166 valence electrons. The van der Waals surface area contributed by atoms with Gasteiger partial charge in [0.1, 0.15) is 5.75 Å². The Morgan fingerprint density at radius 2 is 1.65 bits per heavy atom. The molecule has 1 aliphatic heterocycles. The first-order chi connectivity index (χ1) is 14.9. The third-order valence-corrected chi connectivity index (χ3v) is 5.11. The van der Waals surface area contributed by atoms with E-state index in [4.69, 9.17) is 9.47 Å². The fourth-order valence-corrected chi connectivity index (χ4v) is 3.22. The van der Waals surface area contributed by atoms with Crippen molar-refractivity contribution in [2.75, 3.05) is 37.7 Å². The van der Waals surface area contributed by atoms with E-state index in [1.165, 1.54) is 0 Å². The summed E-state index contributed by atoms with van der Waals surface area (Å²) in [5, 5.41) is 0. The smallest absolute Gasteiger partial charge is 0.338 e. The number of aromatic nitrogens is 2. The van der Waals surface area contributed by atoms with Crippen molar-refractivity contribution in [3.8, 4) is 5.75 Å². The lowest BCUT2D eigenvalue weighted by molar-refractivity contribution is -0.140. The van der Waals surface area contributed by atoms with Crippen LogP contribution >= 0.6 is 0 Å². The highest BCUT2D eigenvalue weighted by Crippen LogP contribution is 2.16. The zero-order valence-electron chi connectivity index (χ0n) is 18.4. The lowest BCUT2D eigenvalue weighted by Crippen LogP contribution is -2.52. The Kier molecular flexibility index (Phi) is 7.81. The Hall–Kier alpha value is -3.16. The fraction of sp³-hybridized carbons (Fsp3) is 0.478. The van der Waals surface area contributed by atoms with Crippen molar-refractivity contribution in [1.82, 2.24) is 14.9 Å². The number of esters is 1. The quantitative estimate of drug-likeness (QED) is 0.600. The van der Waals surface area contributed by atoms with Crippen LogP contribution in [0.2, 0.25) is 0 Å². The molecule has 31 heavy (non-hydrogen) atoms. The van der Waals surface area contributed by atoms with E-state index in [-0.39, 0.29) is 5.91 Å². The summed E-state index contributed by atoms with van der Waals surface area (Å²) in [6.45, 7) is 8.85. The molecule has 0 bridgehead atoms. The molecule has 8 nitrogen and oxygen atoms in total. The van der Waals surface area contributed by atoms with Crippen molar-refractivity contribution >= 4 is 17.8 Å². The maximum Gasteiger partial charge on any atom is 0.338 e. The average molecular weight is 427 g/mol. The summed E-state index contributed by atoms with van der Waals surface area (Å²) in [6.07, 6.45) is 3.52. The second-order valence-corrected chi connectivity index (χ2v) is 7.96. The lowest BCUT2D eigenvalue weighted by Gasteiger charge is -2.35. The highest BCUT2D eigenvalue weighted by atomic mass is 16.5. The zero-order chi connectivity index (χ0) is 22.2. The topological polar surface area (TPSA) is 84.9 Å². The minimum Gasteiger partial charge on any atom is -0.494 e. The molecule has 1 aromatic heterocycles. The molecule has 0 aliphatic carbocycles. The highest BCUT2D eigenvalue weighted by molar-refractivity contribution is 5.92. The summed E-state index contributed by atoms with van der Waals surface area (Å²) < 4.78 is 11.1. The number of nitrogens with zero attached hydrogens (tertiary/aromatic N) is 4. The molecule has 1 saturated heterocycles. The number of benzene rings is 1. The van der Waals surface area contributed by atoms with E-state index in [0.717, 1.165) is 6.42 Å². The van der Waals surface area contributed by atoms with Gasteiger partial charge in [-0.3, -0.25) is 4.79 Å². The Bertz CT molecular complexity index is 850. The molecule has 8 heteroatoms. The first kappa shape index (κ1) is 22.5. The van der Waals surface area contributed by atoms with Gasteiger partial charge >= 0.3 is 5.97 Å². The first-order valence-corrected chi connectivity index (χ1v) is 10.7. The van der Waals surface area contributed by atoms with Crippen LogP contribution in [0.3, 0.4) is 0 Å². The lowest BCUT2D eigenvalue weighted by atomic mass is 10.1. The van der Waals surface area contributed by atoms with Crippen LogP contribution in [0.25, 0.3) is 0 Å². The third-order valence-electron chi connectivity index (χ3n) is 5.11. The van der Waals surface area contributed by atoms with Gasteiger partial charge in [-0.15, -0.1) is 0 Å². The van der Waals surface area contributed by atoms with Gasteiger partial charge in [0.2, 0.25) is 5.95 Å². The highest BCUT2D eigenvalue weighted by Gasteiger charge is 2.28. The summed E-state index contributed by atoms with van der Waals surface area (Å²) >= 11 is 0. The van der Waals surface area contributed by atoms with Crippen LogP contribution in [0.5, 0.6) is 5.75 Å². The Morgan fingerprint density at radius 3 is 2.26 bits per heavy atom. The maximum atomic E-state index is 12.7. The van der Waals surface area contributed by atoms with Crippen LogP contribution in [-0.2, 0) is 9.53 Å². The molecule has 0 N–H and O–H groups in total. The van der Waals surface area contributed by atoms with E-state index in [9.17, 15) is 9.59 Å². The molecular weight excluding hydrogens is 396 g/mol. The Balaban J connectivity index is 1.46. The summed E-state index contributed by atoms with van der Waals surface area (Å²) in [6, 6.07) is 8.57. The van der Waals surface area contributed by atoms with E-state index in [1.54, 1.807) is 54.5 Å². The molecule has 2 heterocycles. The molecular formula is C23H30N4O4. The van der Waals surface area contributed by atoms with Gasteiger partial charge in [-0.2, -0.15) is 0 Å². The van der Waals surface area contributed by atoms with Crippen LogP contribution in [0.4, 0.5) is 5.95 Å². The van der Waals surface area contributed by atoms with Gasteiger partial charge in [0, 0.05) is 38.6 Å². The summed E-state index contributed by atoms with van der Waals surface area (Å²) in [4.78, 5) is 37.4. The fourth-order valence-electron chi connectivity index (χ4n) is 3.22. The third kappa shape index (κ3) is 6.41. The number of piperazine rings is 1. The SMILES string of the molecule is CC(C)CCOc1ccc(C(=O)OC(C)C(=O)N2CCN(c3ncccn3)CC2)cc1. The van der Waals surface area contributed by atoms with Crippen molar-refractivity contribution in [2.24, 2.45) is 5.92 Å². The van der Waals surface area contributed by atoms with Crippen molar-refractivity contribution in [3.05, 3.63) is 48.3 Å². The van der Waals surface area contributed by atoms with E-state index >= 15 is 0 Å². The minimum absolute atomic E-state index is 0.199. The molecule has 0 radical (unpaired) electrons. The van der Waals surface area contributed by atoms with Gasteiger partial charge in [-0.1, -0.05) is 13.8 Å². The molecule has 1 fully saturated rings. The monoisotopic (exact) mass is 426 g/mol. The standard InChI is InChI=1S/C23H30N4O4/c1-17(2)9-16-30-20-7-5-19(6-8-20)22(29)31-18(3)21(28)26-12-14-27(15-13-26)23-24-10-4-11-25-23/h4-8,10-11,17-18H,9,12-16H2,1-3H3.